The third kappa shape index (κ3) is 4.24. The lowest BCUT2D eigenvalue weighted by molar-refractivity contribution is 0.794. The van der Waals surface area contributed by atoms with Gasteiger partial charge in [0.1, 0.15) is 0 Å². The molecular formula is C55H33NS2. The molecule has 0 N–H and O–H groups in total. The monoisotopic (exact) mass is 771 g/mol. The highest BCUT2D eigenvalue weighted by atomic mass is 32.1. The average Bonchev–Trinajstić information content (AvgIpc) is 4.02. The van der Waals surface area contributed by atoms with E-state index in [1.54, 1.807) is 0 Å². The van der Waals surface area contributed by atoms with Gasteiger partial charge in [-0.25, -0.2) is 0 Å². The molecule has 1 spiro atoms. The fourth-order valence-electron chi connectivity index (χ4n) is 10.4. The van der Waals surface area contributed by atoms with Crippen molar-refractivity contribution in [1.29, 1.82) is 0 Å². The SMILES string of the molecule is c1ccc(N(c2cccc(-c3cccc4c3sc3c4ccc4sc5ccccc5c43)c2)c2cccc3c2-c2ccccc2C32c3ccccc3-c3ccccc32)cc1. The van der Waals surface area contributed by atoms with Crippen molar-refractivity contribution in [1.82, 2.24) is 0 Å². The van der Waals surface area contributed by atoms with E-state index in [0.29, 0.717) is 0 Å². The summed E-state index contributed by atoms with van der Waals surface area (Å²) in [5.74, 6) is 0. The lowest BCUT2D eigenvalue weighted by Crippen LogP contribution is -2.26. The molecular weight excluding hydrogens is 739 g/mol. The van der Waals surface area contributed by atoms with Gasteiger partial charge in [0, 0.05) is 57.3 Å². The van der Waals surface area contributed by atoms with E-state index in [4.69, 9.17) is 0 Å². The molecule has 1 nitrogen and oxygen atoms in total. The molecule has 0 fully saturated rings. The first-order valence-electron chi connectivity index (χ1n) is 19.9. The Morgan fingerprint density at radius 2 is 0.948 bits per heavy atom. The molecule has 0 bridgehead atoms. The maximum Gasteiger partial charge on any atom is 0.0726 e. The van der Waals surface area contributed by atoms with E-state index in [0.717, 1.165) is 11.4 Å². The molecule has 3 heteroatoms. The smallest absolute Gasteiger partial charge is 0.0726 e. The number of rotatable bonds is 4. The number of hydrogen-bond acceptors (Lipinski definition) is 3. The Morgan fingerprint density at radius 1 is 0.362 bits per heavy atom. The molecule has 0 unspecified atom stereocenters. The van der Waals surface area contributed by atoms with Crippen molar-refractivity contribution in [3.8, 4) is 33.4 Å². The number of nitrogens with zero attached hydrogens (tertiary/aromatic N) is 1. The summed E-state index contributed by atoms with van der Waals surface area (Å²) in [6.07, 6.45) is 0. The number of hydrogen-bond donors (Lipinski definition) is 0. The Bertz CT molecular complexity index is 3430. The van der Waals surface area contributed by atoms with Gasteiger partial charge in [-0.1, -0.05) is 158 Å². The second-order valence-electron chi connectivity index (χ2n) is 15.5. The molecule has 2 aromatic heterocycles. The third-order valence-corrected chi connectivity index (χ3v) is 15.1. The van der Waals surface area contributed by atoms with Gasteiger partial charge in [0.05, 0.1) is 11.1 Å². The summed E-state index contributed by atoms with van der Waals surface area (Å²) in [7, 11) is 0. The van der Waals surface area contributed by atoms with Gasteiger partial charge in [0.25, 0.3) is 0 Å². The minimum Gasteiger partial charge on any atom is -0.310 e. The summed E-state index contributed by atoms with van der Waals surface area (Å²) < 4.78 is 5.41. The van der Waals surface area contributed by atoms with Gasteiger partial charge < -0.3 is 4.90 Å². The second-order valence-corrected chi connectivity index (χ2v) is 17.6. The Labute approximate surface area is 344 Å². The Morgan fingerprint density at radius 3 is 1.76 bits per heavy atom. The largest absolute Gasteiger partial charge is 0.310 e. The van der Waals surface area contributed by atoms with Crippen molar-refractivity contribution >= 4 is 80.1 Å². The van der Waals surface area contributed by atoms with Crippen LogP contribution in [0.1, 0.15) is 22.3 Å². The van der Waals surface area contributed by atoms with Crippen LogP contribution in [-0.2, 0) is 5.41 Å². The van der Waals surface area contributed by atoms with Crippen molar-refractivity contribution in [3.05, 3.63) is 222 Å². The second kappa shape index (κ2) is 12.1. The molecule has 0 saturated heterocycles. The number of fused-ring (bicyclic) bond motifs is 17. The van der Waals surface area contributed by atoms with E-state index in [1.807, 2.05) is 22.7 Å². The van der Waals surface area contributed by atoms with Crippen LogP contribution in [0.15, 0.2) is 200 Å². The van der Waals surface area contributed by atoms with E-state index in [1.165, 1.54) is 102 Å². The first kappa shape index (κ1) is 32.3. The van der Waals surface area contributed by atoms with E-state index < -0.39 is 5.41 Å². The minimum atomic E-state index is -0.407. The molecule has 13 rings (SSSR count). The number of anilines is 3. The molecule has 0 radical (unpaired) electrons. The van der Waals surface area contributed by atoms with Crippen molar-refractivity contribution in [2.45, 2.75) is 5.41 Å². The van der Waals surface area contributed by atoms with E-state index in [9.17, 15) is 0 Å². The third-order valence-electron chi connectivity index (χ3n) is 12.7. The molecule has 9 aromatic carbocycles. The Kier molecular flexibility index (Phi) is 6.75. The van der Waals surface area contributed by atoms with Gasteiger partial charge in [0.15, 0.2) is 0 Å². The van der Waals surface area contributed by atoms with Gasteiger partial charge in [-0.2, -0.15) is 0 Å². The summed E-state index contributed by atoms with van der Waals surface area (Å²) >= 11 is 3.83. The highest BCUT2D eigenvalue weighted by Gasteiger charge is 2.52. The molecule has 2 heterocycles. The summed E-state index contributed by atoms with van der Waals surface area (Å²) in [4.78, 5) is 2.48. The first-order valence-corrected chi connectivity index (χ1v) is 21.6. The number of thiophene rings is 2. The van der Waals surface area contributed by atoms with Gasteiger partial charge in [-0.3, -0.25) is 0 Å². The first-order chi connectivity index (χ1) is 28.8. The quantitative estimate of drug-likeness (QED) is 0.172. The molecule has 2 aliphatic carbocycles. The van der Waals surface area contributed by atoms with E-state index >= 15 is 0 Å². The maximum absolute atomic E-state index is 2.48. The molecule has 2 aliphatic rings. The van der Waals surface area contributed by atoms with Crippen LogP contribution in [0, 0.1) is 0 Å². The molecule has 270 valence electrons. The van der Waals surface area contributed by atoms with Crippen LogP contribution in [-0.4, -0.2) is 0 Å². The van der Waals surface area contributed by atoms with E-state index in [-0.39, 0.29) is 0 Å². The lowest BCUT2D eigenvalue weighted by Gasteiger charge is -2.32. The molecule has 0 aliphatic heterocycles. The zero-order valence-corrected chi connectivity index (χ0v) is 32.9. The van der Waals surface area contributed by atoms with Crippen LogP contribution in [0.3, 0.4) is 0 Å². The van der Waals surface area contributed by atoms with Crippen LogP contribution < -0.4 is 4.90 Å². The predicted molar refractivity (Wildman–Crippen MR) is 249 cm³/mol. The molecule has 58 heavy (non-hydrogen) atoms. The fraction of sp³-hybridized carbons (Fsp3) is 0.0182. The van der Waals surface area contributed by atoms with Gasteiger partial charge in [-0.15, -0.1) is 22.7 Å². The van der Waals surface area contributed by atoms with Crippen molar-refractivity contribution in [2.24, 2.45) is 0 Å². The molecule has 0 atom stereocenters. The normalized spacial score (nSPS) is 13.3. The van der Waals surface area contributed by atoms with Gasteiger partial charge >= 0.3 is 0 Å². The topological polar surface area (TPSA) is 3.24 Å². The average molecular weight is 772 g/mol. The van der Waals surface area contributed by atoms with Crippen LogP contribution in [0.4, 0.5) is 17.1 Å². The Hall–Kier alpha value is -6.78. The van der Waals surface area contributed by atoms with Crippen LogP contribution >= 0.6 is 22.7 Å². The summed E-state index contributed by atoms with van der Waals surface area (Å²) in [6, 6.07) is 74.7. The van der Waals surface area contributed by atoms with Crippen molar-refractivity contribution in [3.63, 3.8) is 0 Å². The fourth-order valence-corrected chi connectivity index (χ4v) is 13.0. The minimum absolute atomic E-state index is 0.407. The predicted octanol–water partition coefficient (Wildman–Crippen LogP) is 15.9. The van der Waals surface area contributed by atoms with Crippen LogP contribution in [0.5, 0.6) is 0 Å². The standard InChI is InChI=1S/C55H33NS2/c1-2-16-35(17-3-1)56(48-29-14-28-47-51(48)42-21-6-10-27-46(42)55(47)44-25-8-4-19-38(44)39-20-5-9-26-45(39)55)36-18-12-15-34(33-36)37-23-13-24-40-41-31-32-50-52(54(41)58-53(37)40)43-22-7-11-30-49(43)57-50/h1-33H. The van der Waals surface area contributed by atoms with Crippen molar-refractivity contribution < 1.29 is 0 Å². The summed E-state index contributed by atoms with van der Waals surface area (Å²) in [5, 5.41) is 5.39. The molecule has 0 amide bonds. The summed E-state index contributed by atoms with van der Waals surface area (Å²) in [6.45, 7) is 0. The van der Waals surface area contributed by atoms with Gasteiger partial charge in [0.2, 0.25) is 0 Å². The van der Waals surface area contributed by atoms with Crippen molar-refractivity contribution in [2.75, 3.05) is 4.90 Å². The lowest BCUT2D eigenvalue weighted by atomic mass is 9.70. The zero-order chi connectivity index (χ0) is 38.0. The molecule has 0 saturated carbocycles. The zero-order valence-electron chi connectivity index (χ0n) is 31.3. The number of benzene rings is 9. The van der Waals surface area contributed by atoms with Crippen LogP contribution in [0.2, 0.25) is 0 Å². The highest BCUT2D eigenvalue weighted by Crippen LogP contribution is 2.64. The summed E-state index contributed by atoms with van der Waals surface area (Å²) in [5.41, 5.74) is 16.1. The van der Waals surface area contributed by atoms with Gasteiger partial charge in [-0.05, 0) is 92.5 Å². The Balaban J connectivity index is 1.04. The van der Waals surface area contributed by atoms with Crippen LogP contribution in [0.25, 0.3) is 73.7 Å². The number of para-hydroxylation sites is 1. The molecule has 11 aromatic rings. The van der Waals surface area contributed by atoms with E-state index in [2.05, 4.69) is 205 Å². The highest BCUT2D eigenvalue weighted by molar-refractivity contribution is 7.30. The maximum atomic E-state index is 2.48.